The fourth-order valence-corrected chi connectivity index (χ4v) is 2.31. The monoisotopic (exact) mass is 196 g/mol. The number of thiazole rings is 1. The number of Topliss-reactive ketones (excluding diaryl/α,β-unsaturated/α-hetero) is 1. The Bertz CT molecular complexity index is 297. The Labute approximate surface area is 81.2 Å². The van der Waals surface area contributed by atoms with Crippen LogP contribution >= 0.6 is 11.3 Å². The molecule has 0 amide bonds. The van der Waals surface area contributed by atoms with Crippen molar-refractivity contribution in [3.05, 3.63) is 16.6 Å². The molecule has 4 heteroatoms. The van der Waals surface area contributed by atoms with Crippen molar-refractivity contribution >= 4 is 17.1 Å². The first-order chi connectivity index (χ1) is 6.25. The standard InChI is InChI=1S/C9H12N2OS/c1-6-2-7(12)3-8(11-6)9-4-13-5-10-9/h4-6,8,11H,2-3H2,1H3. The molecule has 70 valence electrons. The van der Waals surface area contributed by atoms with Gasteiger partial charge in [-0.25, -0.2) is 4.98 Å². The van der Waals surface area contributed by atoms with Crippen LogP contribution in [-0.2, 0) is 4.79 Å². The van der Waals surface area contributed by atoms with E-state index in [0.29, 0.717) is 18.6 Å². The van der Waals surface area contributed by atoms with Crippen LogP contribution in [0.25, 0.3) is 0 Å². The minimum atomic E-state index is 0.141. The van der Waals surface area contributed by atoms with Crippen LogP contribution in [0.1, 0.15) is 31.5 Å². The number of nitrogens with one attached hydrogen (secondary N) is 1. The summed E-state index contributed by atoms with van der Waals surface area (Å²) in [6.07, 6.45) is 1.24. The van der Waals surface area contributed by atoms with E-state index >= 15 is 0 Å². The molecule has 2 heterocycles. The zero-order valence-electron chi connectivity index (χ0n) is 7.49. The van der Waals surface area contributed by atoms with E-state index in [1.54, 1.807) is 16.8 Å². The number of carbonyl (C=O) groups excluding carboxylic acids is 1. The molecule has 1 aliphatic heterocycles. The Hall–Kier alpha value is -0.740. The van der Waals surface area contributed by atoms with Gasteiger partial charge in [-0.05, 0) is 6.92 Å². The Balaban J connectivity index is 2.12. The van der Waals surface area contributed by atoms with Gasteiger partial charge in [-0.1, -0.05) is 0 Å². The maximum atomic E-state index is 11.3. The molecule has 1 aromatic heterocycles. The predicted octanol–water partition coefficient (Wildman–Crippen LogP) is 1.53. The van der Waals surface area contributed by atoms with Crippen LogP contribution in [0.4, 0.5) is 0 Å². The summed E-state index contributed by atoms with van der Waals surface area (Å²) < 4.78 is 0. The van der Waals surface area contributed by atoms with Gasteiger partial charge in [0, 0.05) is 24.3 Å². The van der Waals surface area contributed by atoms with Crippen molar-refractivity contribution in [1.29, 1.82) is 0 Å². The van der Waals surface area contributed by atoms with Gasteiger partial charge in [0.2, 0.25) is 0 Å². The molecule has 0 bridgehead atoms. The number of piperidine rings is 1. The zero-order chi connectivity index (χ0) is 9.26. The summed E-state index contributed by atoms with van der Waals surface area (Å²) in [7, 11) is 0. The Morgan fingerprint density at radius 1 is 1.62 bits per heavy atom. The molecule has 0 aromatic carbocycles. The highest BCUT2D eigenvalue weighted by Gasteiger charge is 2.25. The second-order valence-corrected chi connectivity index (χ2v) is 4.20. The van der Waals surface area contributed by atoms with Gasteiger partial charge in [0.05, 0.1) is 17.2 Å². The van der Waals surface area contributed by atoms with Gasteiger partial charge in [0.25, 0.3) is 0 Å². The number of ketones is 1. The Morgan fingerprint density at radius 2 is 2.46 bits per heavy atom. The summed E-state index contributed by atoms with van der Waals surface area (Å²) >= 11 is 1.57. The minimum absolute atomic E-state index is 0.141. The second kappa shape index (κ2) is 3.55. The van der Waals surface area contributed by atoms with E-state index in [0.717, 1.165) is 5.69 Å². The van der Waals surface area contributed by atoms with Gasteiger partial charge < -0.3 is 5.32 Å². The van der Waals surface area contributed by atoms with Crippen LogP contribution in [0.5, 0.6) is 0 Å². The van der Waals surface area contributed by atoms with Crippen LogP contribution in [0, 0.1) is 0 Å². The average Bonchev–Trinajstić information content (AvgIpc) is 2.53. The Morgan fingerprint density at radius 3 is 3.08 bits per heavy atom. The molecule has 1 aromatic rings. The first-order valence-corrected chi connectivity index (χ1v) is 5.36. The number of hydrogen-bond acceptors (Lipinski definition) is 4. The number of carbonyl (C=O) groups is 1. The molecule has 0 radical (unpaired) electrons. The molecular formula is C9H12N2OS. The maximum absolute atomic E-state index is 11.3. The van der Waals surface area contributed by atoms with Gasteiger partial charge in [-0.2, -0.15) is 0 Å². The van der Waals surface area contributed by atoms with E-state index in [9.17, 15) is 4.79 Å². The third-order valence-corrected chi connectivity index (χ3v) is 2.86. The lowest BCUT2D eigenvalue weighted by Crippen LogP contribution is -2.38. The number of nitrogens with zero attached hydrogens (tertiary/aromatic N) is 1. The molecule has 1 fully saturated rings. The predicted molar refractivity (Wildman–Crippen MR) is 51.7 cm³/mol. The minimum Gasteiger partial charge on any atom is -0.305 e. The number of hydrogen-bond donors (Lipinski definition) is 1. The molecule has 0 aliphatic carbocycles. The summed E-state index contributed by atoms with van der Waals surface area (Å²) in [5.74, 6) is 0.337. The fourth-order valence-electron chi connectivity index (χ4n) is 1.70. The molecule has 1 saturated heterocycles. The molecule has 2 atom stereocenters. The molecule has 1 N–H and O–H groups in total. The third-order valence-electron chi connectivity index (χ3n) is 2.26. The van der Waals surface area contributed by atoms with Crippen molar-refractivity contribution in [3.8, 4) is 0 Å². The molecule has 1 aliphatic rings. The quantitative estimate of drug-likeness (QED) is 0.740. The van der Waals surface area contributed by atoms with Crippen LogP contribution in [0.15, 0.2) is 10.9 Å². The van der Waals surface area contributed by atoms with E-state index in [1.165, 1.54) is 0 Å². The van der Waals surface area contributed by atoms with E-state index in [1.807, 2.05) is 12.3 Å². The van der Waals surface area contributed by atoms with Crippen LogP contribution in [-0.4, -0.2) is 16.8 Å². The summed E-state index contributed by atoms with van der Waals surface area (Å²) in [6.45, 7) is 2.04. The molecule has 13 heavy (non-hydrogen) atoms. The van der Waals surface area contributed by atoms with Crippen LogP contribution in [0.2, 0.25) is 0 Å². The van der Waals surface area contributed by atoms with Crippen molar-refractivity contribution in [1.82, 2.24) is 10.3 Å². The highest BCUT2D eigenvalue weighted by Crippen LogP contribution is 2.22. The van der Waals surface area contributed by atoms with Crippen LogP contribution < -0.4 is 5.32 Å². The molecular weight excluding hydrogens is 184 g/mol. The van der Waals surface area contributed by atoms with Gasteiger partial charge in [0.15, 0.2) is 0 Å². The van der Waals surface area contributed by atoms with Crippen molar-refractivity contribution in [2.24, 2.45) is 0 Å². The van der Waals surface area contributed by atoms with E-state index in [4.69, 9.17) is 0 Å². The second-order valence-electron chi connectivity index (χ2n) is 3.48. The Kier molecular flexibility index (Phi) is 2.42. The van der Waals surface area contributed by atoms with E-state index in [-0.39, 0.29) is 12.1 Å². The average molecular weight is 196 g/mol. The molecule has 3 nitrogen and oxygen atoms in total. The normalized spacial score (nSPS) is 29.2. The SMILES string of the molecule is CC1CC(=O)CC(c2cscn2)N1. The van der Waals surface area contributed by atoms with Gasteiger partial charge in [-0.15, -0.1) is 11.3 Å². The van der Waals surface area contributed by atoms with Crippen molar-refractivity contribution in [2.75, 3.05) is 0 Å². The van der Waals surface area contributed by atoms with Crippen molar-refractivity contribution < 1.29 is 4.79 Å². The van der Waals surface area contributed by atoms with Gasteiger partial charge in [0.1, 0.15) is 5.78 Å². The molecule has 0 saturated carbocycles. The van der Waals surface area contributed by atoms with E-state index in [2.05, 4.69) is 10.3 Å². The summed E-state index contributed by atoms with van der Waals surface area (Å²) in [5.41, 5.74) is 2.81. The summed E-state index contributed by atoms with van der Waals surface area (Å²) in [6, 6.07) is 0.426. The highest BCUT2D eigenvalue weighted by molar-refractivity contribution is 7.07. The van der Waals surface area contributed by atoms with Crippen LogP contribution in [0.3, 0.4) is 0 Å². The number of rotatable bonds is 1. The van der Waals surface area contributed by atoms with Crippen molar-refractivity contribution in [2.45, 2.75) is 31.8 Å². The fraction of sp³-hybridized carbons (Fsp3) is 0.556. The topological polar surface area (TPSA) is 42.0 Å². The lowest BCUT2D eigenvalue weighted by atomic mass is 9.97. The lowest BCUT2D eigenvalue weighted by Gasteiger charge is -2.26. The molecule has 2 rings (SSSR count). The largest absolute Gasteiger partial charge is 0.305 e. The van der Waals surface area contributed by atoms with Gasteiger partial charge >= 0.3 is 0 Å². The smallest absolute Gasteiger partial charge is 0.136 e. The highest BCUT2D eigenvalue weighted by atomic mass is 32.1. The molecule has 0 spiro atoms. The third kappa shape index (κ3) is 1.95. The first-order valence-electron chi connectivity index (χ1n) is 4.41. The zero-order valence-corrected chi connectivity index (χ0v) is 8.30. The molecule has 2 unspecified atom stereocenters. The summed E-state index contributed by atoms with van der Waals surface area (Å²) in [5, 5.41) is 5.38. The lowest BCUT2D eigenvalue weighted by molar-refractivity contribution is -0.121. The van der Waals surface area contributed by atoms with Crippen molar-refractivity contribution in [3.63, 3.8) is 0 Å². The summed E-state index contributed by atoms with van der Waals surface area (Å²) in [4.78, 5) is 15.5. The van der Waals surface area contributed by atoms with Gasteiger partial charge in [-0.3, -0.25) is 4.79 Å². The maximum Gasteiger partial charge on any atom is 0.136 e. The first kappa shape index (κ1) is 8.84. The number of aromatic nitrogens is 1. The van der Waals surface area contributed by atoms with E-state index < -0.39 is 0 Å².